The fourth-order valence-corrected chi connectivity index (χ4v) is 7.91. The highest BCUT2D eigenvalue weighted by Crippen LogP contribution is 2.45. The number of anilines is 1. The lowest BCUT2D eigenvalue weighted by Crippen LogP contribution is -2.71. The van der Waals surface area contributed by atoms with Crippen LogP contribution in [0, 0.1) is 0 Å². The van der Waals surface area contributed by atoms with Gasteiger partial charge in [0.15, 0.2) is 21.9 Å². The van der Waals surface area contributed by atoms with Gasteiger partial charge in [-0.2, -0.15) is 18.7 Å². The lowest BCUT2D eigenvalue weighted by molar-refractivity contribution is -0.671. The fraction of sp³-hybridized carbons (Fsp3) is 0.217. The highest BCUT2D eigenvalue weighted by atomic mass is 32.2. The summed E-state index contributed by atoms with van der Waals surface area (Å²) in [5.74, 6) is -2.38. The molecule has 0 aliphatic carbocycles. The SMILES string of the molecule is CO/N=C(\C(=O)N[C@@H]1C(=O)N2C(C(=O)[O-])=C(Sc3nc(-n4cnc(-c5ccc[n+](C)c5)c4)ns3)CSC12)c1nsc(N)n1. The highest BCUT2D eigenvalue weighted by molar-refractivity contribution is 8.07. The molecule has 0 bridgehead atoms. The molecule has 2 atom stereocenters. The number of aromatic nitrogens is 7. The van der Waals surface area contributed by atoms with E-state index in [4.69, 9.17) is 10.6 Å². The number of thioether (sulfide) groups is 2. The summed E-state index contributed by atoms with van der Waals surface area (Å²) < 4.78 is 12.4. The van der Waals surface area contributed by atoms with E-state index < -0.39 is 29.2 Å². The molecule has 0 aromatic carbocycles. The second-order valence-electron chi connectivity index (χ2n) is 8.89. The number of nitrogens with two attached hydrogens (primary N) is 1. The molecule has 1 saturated heterocycles. The number of aryl methyl sites for hydroxylation is 1. The van der Waals surface area contributed by atoms with Gasteiger partial charge >= 0.3 is 0 Å². The number of amides is 2. The zero-order valence-electron chi connectivity index (χ0n) is 22.1. The van der Waals surface area contributed by atoms with Gasteiger partial charge in [-0.1, -0.05) is 16.9 Å². The quantitative estimate of drug-likeness (QED) is 0.0974. The number of hydrogen-bond donors (Lipinski definition) is 2. The number of fused-ring (bicyclic) bond motifs is 1. The number of rotatable bonds is 9. The predicted molar refractivity (Wildman–Crippen MR) is 154 cm³/mol. The monoisotopic (exact) mass is 657 g/mol. The summed E-state index contributed by atoms with van der Waals surface area (Å²) in [6.45, 7) is 0. The van der Waals surface area contributed by atoms with Gasteiger partial charge in [0.1, 0.15) is 31.9 Å². The molecule has 4 aromatic heterocycles. The summed E-state index contributed by atoms with van der Waals surface area (Å²) in [5.41, 5.74) is 6.72. The number of imidazole rings is 1. The van der Waals surface area contributed by atoms with Crippen LogP contribution in [0.3, 0.4) is 0 Å². The maximum Gasteiger partial charge on any atom is 0.278 e. The Kier molecular flexibility index (Phi) is 7.81. The Labute approximate surface area is 259 Å². The number of hydrogen-bond acceptors (Lipinski definition) is 16. The molecule has 0 radical (unpaired) electrons. The molecule has 1 unspecified atom stereocenters. The molecule has 1 fully saturated rings. The van der Waals surface area contributed by atoms with Crippen molar-refractivity contribution in [1.82, 2.24) is 38.5 Å². The van der Waals surface area contributed by atoms with Gasteiger partial charge in [-0.05, 0) is 17.6 Å². The van der Waals surface area contributed by atoms with E-state index in [2.05, 4.69) is 34.2 Å². The molecule has 0 saturated carbocycles. The Morgan fingerprint density at radius 1 is 1.30 bits per heavy atom. The third-order valence-electron chi connectivity index (χ3n) is 6.12. The van der Waals surface area contributed by atoms with Crippen LogP contribution in [0.15, 0.2) is 57.1 Å². The van der Waals surface area contributed by atoms with Crippen LogP contribution in [0.4, 0.5) is 5.13 Å². The van der Waals surface area contributed by atoms with E-state index >= 15 is 0 Å². The Hall–Kier alpha value is -4.40. The fourth-order valence-electron chi connectivity index (χ4n) is 4.25. The summed E-state index contributed by atoms with van der Waals surface area (Å²) in [7, 11) is 3.16. The number of oxime groups is 1. The third kappa shape index (κ3) is 5.56. The van der Waals surface area contributed by atoms with E-state index in [-0.39, 0.29) is 28.1 Å². The standard InChI is InChI=1S/C23H19N11O5S4/c1-32-5-3-4-10(6-32)11-7-33(9-25-11)22-28-23(43-31-22)41-12-8-40-19-14(18(36)34(19)15(12)20(37)38)26-17(35)13(29-39-2)16-27-21(24)42-30-16/h3-7,9,14,19H,8H2,1-2H3,(H3-,24,26,27,30,35,37,38)/b29-13-/t14-,19?/m1/s1. The lowest BCUT2D eigenvalue weighted by Gasteiger charge is -2.50. The Morgan fingerprint density at radius 2 is 2.14 bits per heavy atom. The van der Waals surface area contributed by atoms with Crippen LogP contribution in [-0.4, -0.2) is 80.9 Å². The predicted octanol–water partition coefficient (Wildman–Crippen LogP) is -0.847. The van der Waals surface area contributed by atoms with Gasteiger partial charge in [-0.25, -0.2) is 9.55 Å². The number of nitrogens with one attached hydrogen (secondary N) is 1. The molecule has 2 aliphatic heterocycles. The van der Waals surface area contributed by atoms with E-state index in [1.807, 2.05) is 36.1 Å². The van der Waals surface area contributed by atoms with Crippen molar-refractivity contribution in [3.05, 3.63) is 53.5 Å². The summed E-state index contributed by atoms with van der Waals surface area (Å²) in [6.07, 6.45) is 7.26. The number of carboxylic acids is 1. The zero-order chi connectivity index (χ0) is 30.2. The topological polar surface area (TPSA) is 210 Å². The van der Waals surface area contributed by atoms with Gasteiger partial charge in [-0.3, -0.25) is 19.1 Å². The van der Waals surface area contributed by atoms with Gasteiger partial charge < -0.3 is 25.8 Å². The first kappa shape index (κ1) is 28.7. The smallest absolute Gasteiger partial charge is 0.278 e. The van der Waals surface area contributed by atoms with Crippen molar-refractivity contribution in [2.24, 2.45) is 12.2 Å². The number of carbonyl (C=O) groups excluding carboxylic acids is 3. The minimum atomic E-state index is -1.52. The molecule has 20 heteroatoms. The van der Waals surface area contributed by atoms with Crippen LogP contribution in [0.1, 0.15) is 5.82 Å². The molecule has 3 N–H and O–H groups in total. The molecule has 6 rings (SSSR count). The summed E-state index contributed by atoms with van der Waals surface area (Å²) >= 11 is 4.32. The van der Waals surface area contributed by atoms with Crippen molar-refractivity contribution in [3.63, 3.8) is 0 Å². The van der Waals surface area contributed by atoms with Crippen LogP contribution < -0.4 is 20.7 Å². The number of carboxylic acid groups (broad SMARTS) is 1. The van der Waals surface area contributed by atoms with Crippen molar-refractivity contribution in [2.75, 3.05) is 18.6 Å². The number of β-lactam (4-membered cyclic amide) rings is 1. The van der Waals surface area contributed by atoms with E-state index in [1.165, 1.54) is 18.9 Å². The highest BCUT2D eigenvalue weighted by Gasteiger charge is 2.53. The molecule has 220 valence electrons. The average Bonchev–Trinajstić information content (AvgIpc) is 3.75. The van der Waals surface area contributed by atoms with E-state index in [9.17, 15) is 19.5 Å². The minimum Gasteiger partial charge on any atom is -0.543 e. The average molecular weight is 658 g/mol. The van der Waals surface area contributed by atoms with Gasteiger partial charge in [0.2, 0.25) is 17.5 Å². The first-order chi connectivity index (χ1) is 20.7. The van der Waals surface area contributed by atoms with Gasteiger partial charge in [0, 0.05) is 34.5 Å². The first-order valence-electron chi connectivity index (χ1n) is 12.2. The molecule has 16 nitrogen and oxygen atoms in total. The Balaban J connectivity index is 1.17. The molecule has 2 aliphatic rings. The third-order valence-corrected chi connectivity index (χ3v) is 9.95. The normalized spacial score (nSPS) is 18.3. The van der Waals surface area contributed by atoms with Crippen molar-refractivity contribution < 1.29 is 28.9 Å². The Morgan fingerprint density at radius 3 is 2.86 bits per heavy atom. The van der Waals surface area contributed by atoms with Crippen molar-refractivity contribution in [3.8, 4) is 17.2 Å². The van der Waals surface area contributed by atoms with E-state index in [1.54, 1.807) is 17.1 Å². The van der Waals surface area contributed by atoms with Crippen molar-refractivity contribution >= 4 is 75.2 Å². The number of nitrogen functional groups attached to an aromatic ring is 1. The van der Waals surface area contributed by atoms with Crippen LogP contribution >= 0.6 is 46.6 Å². The maximum atomic E-state index is 13.1. The summed E-state index contributed by atoms with van der Waals surface area (Å²) in [6, 6.07) is 2.84. The number of nitrogens with zero attached hydrogens (tertiary/aromatic N) is 9. The number of carbonyl (C=O) groups is 3. The van der Waals surface area contributed by atoms with Gasteiger partial charge in [0.25, 0.3) is 11.8 Å². The lowest BCUT2D eigenvalue weighted by atomic mass is 10.0. The Bertz CT molecular complexity index is 1820. The molecule has 43 heavy (non-hydrogen) atoms. The summed E-state index contributed by atoms with van der Waals surface area (Å²) in [5, 5.41) is 17.9. The molecular weight excluding hydrogens is 639 g/mol. The number of aliphatic carboxylic acids is 1. The van der Waals surface area contributed by atoms with Gasteiger partial charge in [-0.15, -0.1) is 11.8 Å². The molecule has 2 amide bonds. The van der Waals surface area contributed by atoms with Crippen LogP contribution in [-0.2, 0) is 26.3 Å². The minimum absolute atomic E-state index is 0.0618. The van der Waals surface area contributed by atoms with E-state index in [0.29, 0.717) is 15.2 Å². The second-order valence-corrected chi connectivity index (χ2v) is 12.9. The van der Waals surface area contributed by atoms with Crippen molar-refractivity contribution in [1.29, 1.82) is 0 Å². The first-order valence-corrected chi connectivity index (χ1v) is 15.6. The molecule has 6 heterocycles. The van der Waals surface area contributed by atoms with Gasteiger partial charge in [0.05, 0.1) is 22.9 Å². The molecular formula is C23H19N11O5S4. The van der Waals surface area contributed by atoms with Crippen LogP contribution in [0.5, 0.6) is 0 Å². The summed E-state index contributed by atoms with van der Waals surface area (Å²) in [4.78, 5) is 57.3. The van der Waals surface area contributed by atoms with Crippen molar-refractivity contribution in [2.45, 2.75) is 15.8 Å². The molecule has 4 aromatic rings. The molecule has 0 spiro atoms. The second kappa shape index (κ2) is 11.7. The van der Waals surface area contributed by atoms with E-state index in [0.717, 1.165) is 51.0 Å². The van der Waals surface area contributed by atoms with Crippen LogP contribution in [0.2, 0.25) is 0 Å². The largest absolute Gasteiger partial charge is 0.543 e. The number of pyridine rings is 1. The maximum absolute atomic E-state index is 13.1. The van der Waals surface area contributed by atoms with Crippen LogP contribution in [0.25, 0.3) is 17.2 Å². The zero-order valence-corrected chi connectivity index (χ0v) is 25.4.